The largest absolute Gasteiger partial charge is 0.507 e. The first-order valence-corrected chi connectivity index (χ1v) is 20.9. The summed E-state index contributed by atoms with van der Waals surface area (Å²) in [7, 11) is 2.58. The van der Waals surface area contributed by atoms with Crippen molar-refractivity contribution < 1.29 is 87.2 Å². The highest BCUT2D eigenvalue weighted by molar-refractivity contribution is 6.31. The number of carbonyl (C=O) groups is 5. The summed E-state index contributed by atoms with van der Waals surface area (Å²) in [6.07, 6.45) is -7.98. The van der Waals surface area contributed by atoms with Gasteiger partial charge < -0.3 is 63.6 Å². The number of nitrogens with one attached hydrogen (secondary N) is 1. The van der Waals surface area contributed by atoms with Crippen LogP contribution < -0.4 is 19.5 Å². The number of hydrogen-bond donors (Lipinski definition) is 5. The number of nitrogens with zero attached hydrogens (tertiary/aromatic N) is 2. The van der Waals surface area contributed by atoms with Gasteiger partial charge in [-0.2, -0.15) is 0 Å². The van der Waals surface area contributed by atoms with E-state index >= 15 is 0 Å². The highest BCUT2D eigenvalue weighted by Crippen LogP contribution is 2.53. The molecule has 7 rings (SSSR count). The SMILES string of the molecule is CCOCCNC(=O)COc1cc([N+](=O)[O-])c(C(C)OC(=O)N2COC3C(C)OC(OC4CC(O)(C(=O)CO)Cc5c(O)c6c(c(O)c54)C(=O)c4c(OC)cccc4C6=O)CC32)cc1OC. The van der Waals surface area contributed by atoms with Gasteiger partial charge in [-0.1, -0.05) is 12.1 Å². The van der Waals surface area contributed by atoms with Crippen LogP contribution in [0.2, 0.25) is 0 Å². The Morgan fingerprint density at radius 3 is 2.45 bits per heavy atom. The van der Waals surface area contributed by atoms with E-state index in [4.69, 9.17) is 37.9 Å². The lowest BCUT2D eigenvalue weighted by Crippen LogP contribution is -2.52. The number of Topliss-reactive ketones (excluding diaryl/α,β-unsaturated/α-hetero) is 1. The Labute approximate surface area is 376 Å². The average Bonchev–Trinajstić information content (AvgIpc) is 3.73. The minimum absolute atomic E-state index is 0.0145. The molecular formula is C44H49N3O19. The third-order valence-corrected chi connectivity index (χ3v) is 12.1. The molecule has 0 saturated carbocycles. The van der Waals surface area contributed by atoms with Crippen LogP contribution in [0.3, 0.4) is 0 Å². The van der Waals surface area contributed by atoms with Crippen LogP contribution in [0.1, 0.15) is 94.4 Å². The zero-order chi connectivity index (χ0) is 47.8. The maximum Gasteiger partial charge on any atom is 0.412 e. The summed E-state index contributed by atoms with van der Waals surface area (Å²) in [5, 5.41) is 60.0. The monoisotopic (exact) mass is 923 g/mol. The van der Waals surface area contributed by atoms with Crippen molar-refractivity contribution in [2.45, 2.75) is 82.4 Å². The number of amides is 2. The normalized spacial score (nSPS) is 23.4. The zero-order valence-corrected chi connectivity index (χ0v) is 36.5. The van der Waals surface area contributed by atoms with E-state index in [0.29, 0.717) is 6.61 Å². The first-order chi connectivity index (χ1) is 31.5. The maximum absolute atomic E-state index is 14.1. The van der Waals surface area contributed by atoms with Gasteiger partial charge in [-0.3, -0.25) is 34.2 Å². The summed E-state index contributed by atoms with van der Waals surface area (Å²) < 4.78 is 45.7. The lowest BCUT2D eigenvalue weighted by molar-refractivity contribution is -0.386. The minimum atomic E-state index is -2.40. The fourth-order valence-corrected chi connectivity index (χ4v) is 8.89. The summed E-state index contributed by atoms with van der Waals surface area (Å²) in [4.78, 5) is 80.0. The van der Waals surface area contributed by atoms with Gasteiger partial charge in [0.15, 0.2) is 36.0 Å². The number of ketones is 3. The van der Waals surface area contributed by atoms with Crippen molar-refractivity contribution >= 4 is 35.0 Å². The Hall–Kier alpha value is -6.43. The molecule has 2 amide bonds. The van der Waals surface area contributed by atoms with E-state index in [-0.39, 0.29) is 71.4 Å². The van der Waals surface area contributed by atoms with Gasteiger partial charge in [0.1, 0.15) is 48.4 Å². The molecule has 2 aliphatic carbocycles. The second-order valence-electron chi connectivity index (χ2n) is 16.0. The number of phenolic OH excluding ortho intramolecular Hbond substituents is 2. The third kappa shape index (κ3) is 8.69. The van der Waals surface area contributed by atoms with E-state index in [9.17, 15) is 54.5 Å². The van der Waals surface area contributed by atoms with E-state index < -0.39 is 131 Å². The standard InChI is InChI=1S/C44H49N3O19/c1-6-61-11-10-45-32(50)18-62-29-13-25(47(57)58)23(12-28(29)60-5)20(2)65-43(55)46-19-63-42-21(3)64-33(14-26(42)46)66-30-16-44(56,31(49)17-48)15-24-35(30)41(54)37-36(39(24)52)38(51)22-8-7-9-27(59-4)34(22)40(37)53/h7-9,12-13,20-21,26,30,33,42,48,52,54,56H,6,10-11,14-19H2,1-5H3,(H,45,50). The summed E-state index contributed by atoms with van der Waals surface area (Å²) in [6.45, 7) is 3.92. The summed E-state index contributed by atoms with van der Waals surface area (Å²) in [6, 6.07) is 5.75. The number of carbonyl (C=O) groups excluding carboxylic acids is 5. The number of methoxy groups -OCH3 is 2. The number of nitro benzene ring substituents is 1. The molecule has 2 heterocycles. The molecule has 2 fully saturated rings. The van der Waals surface area contributed by atoms with E-state index in [1.54, 1.807) is 6.92 Å². The zero-order valence-electron chi connectivity index (χ0n) is 36.5. The van der Waals surface area contributed by atoms with Crippen LogP contribution in [0, 0.1) is 10.1 Å². The van der Waals surface area contributed by atoms with Crippen LogP contribution in [-0.2, 0) is 39.7 Å². The lowest BCUT2D eigenvalue weighted by Gasteiger charge is -2.42. The number of benzene rings is 3. The molecule has 0 radical (unpaired) electrons. The molecule has 4 aliphatic rings. The molecule has 0 spiro atoms. The Morgan fingerprint density at radius 2 is 1.77 bits per heavy atom. The van der Waals surface area contributed by atoms with Gasteiger partial charge >= 0.3 is 6.09 Å². The second kappa shape index (κ2) is 19.2. The Bertz CT molecular complexity index is 2460. The van der Waals surface area contributed by atoms with Gasteiger partial charge in [-0.05, 0) is 32.9 Å². The summed E-state index contributed by atoms with van der Waals surface area (Å²) in [5.41, 5.74) is -4.85. The van der Waals surface area contributed by atoms with E-state index in [1.165, 1.54) is 50.3 Å². The van der Waals surface area contributed by atoms with Crippen molar-refractivity contribution in [1.29, 1.82) is 0 Å². The summed E-state index contributed by atoms with van der Waals surface area (Å²) >= 11 is 0. The number of hydrogen-bond acceptors (Lipinski definition) is 19. The van der Waals surface area contributed by atoms with Crippen LogP contribution in [-0.4, -0.2) is 144 Å². The van der Waals surface area contributed by atoms with Gasteiger partial charge in [-0.25, -0.2) is 4.79 Å². The number of ether oxygens (including phenoxy) is 8. The van der Waals surface area contributed by atoms with Crippen molar-refractivity contribution in [3.63, 3.8) is 0 Å². The average molecular weight is 924 g/mol. The lowest BCUT2D eigenvalue weighted by atomic mass is 9.72. The molecular weight excluding hydrogens is 874 g/mol. The maximum atomic E-state index is 14.1. The predicted octanol–water partition coefficient (Wildman–Crippen LogP) is 2.69. The van der Waals surface area contributed by atoms with Crippen molar-refractivity contribution in [3.05, 3.63) is 79.4 Å². The number of aliphatic hydroxyl groups is 2. The molecule has 7 unspecified atom stereocenters. The quantitative estimate of drug-likeness (QED) is 0.0467. The third-order valence-electron chi connectivity index (χ3n) is 12.1. The fourth-order valence-electron chi connectivity index (χ4n) is 8.89. The highest BCUT2D eigenvalue weighted by atomic mass is 16.7. The fraction of sp³-hybridized carbons (Fsp3) is 0.477. The first-order valence-electron chi connectivity index (χ1n) is 20.9. The molecule has 0 bridgehead atoms. The van der Waals surface area contributed by atoms with Gasteiger partial charge in [0.2, 0.25) is 5.78 Å². The van der Waals surface area contributed by atoms with E-state index in [2.05, 4.69) is 5.32 Å². The summed E-state index contributed by atoms with van der Waals surface area (Å²) in [5.74, 6) is -4.86. The molecule has 22 nitrogen and oxygen atoms in total. The number of aliphatic hydroxyl groups excluding tert-OH is 1. The van der Waals surface area contributed by atoms with Gasteiger partial charge in [-0.15, -0.1) is 0 Å². The van der Waals surface area contributed by atoms with Crippen LogP contribution >= 0.6 is 0 Å². The van der Waals surface area contributed by atoms with Gasteiger partial charge in [0.25, 0.3) is 11.6 Å². The van der Waals surface area contributed by atoms with E-state index in [1.807, 2.05) is 6.92 Å². The van der Waals surface area contributed by atoms with Crippen molar-refractivity contribution in [1.82, 2.24) is 10.2 Å². The Morgan fingerprint density at radius 1 is 1.05 bits per heavy atom. The molecule has 7 atom stereocenters. The van der Waals surface area contributed by atoms with Gasteiger partial charge in [0, 0.05) is 49.1 Å². The number of fused-ring (bicyclic) bond motifs is 4. The van der Waals surface area contributed by atoms with Crippen LogP contribution in [0.15, 0.2) is 30.3 Å². The minimum Gasteiger partial charge on any atom is -0.507 e. The number of aromatic hydroxyl groups is 2. The highest BCUT2D eigenvalue weighted by Gasteiger charge is 2.52. The molecule has 2 saturated heterocycles. The topological polar surface area (TPSA) is 299 Å². The van der Waals surface area contributed by atoms with Crippen LogP contribution in [0.4, 0.5) is 10.5 Å². The molecule has 354 valence electrons. The number of nitro groups is 1. The van der Waals surface area contributed by atoms with Crippen molar-refractivity contribution in [2.24, 2.45) is 0 Å². The van der Waals surface area contributed by atoms with Crippen LogP contribution in [0.25, 0.3) is 0 Å². The molecule has 66 heavy (non-hydrogen) atoms. The molecule has 0 aromatic heterocycles. The second-order valence-corrected chi connectivity index (χ2v) is 16.0. The first kappa shape index (κ1) is 47.5. The van der Waals surface area contributed by atoms with Crippen molar-refractivity contribution in [2.75, 3.05) is 53.9 Å². The molecule has 22 heteroatoms. The predicted molar refractivity (Wildman–Crippen MR) is 223 cm³/mol. The number of rotatable bonds is 16. The smallest absolute Gasteiger partial charge is 0.412 e. The molecule has 3 aromatic carbocycles. The van der Waals surface area contributed by atoms with Gasteiger partial charge in [0.05, 0.1) is 72.3 Å². The molecule has 3 aromatic rings. The Balaban J connectivity index is 1.13. The van der Waals surface area contributed by atoms with Crippen molar-refractivity contribution in [3.8, 4) is 28.7 Å². The molecule has 5 N–H and O–H groups in total. The Kier molecular flexibility index (Phi) is 13.8. The molecule has 2 aliphatic heterocycles. The van der Waals surface area contributed by atoms with Crippen LogP contribution in [0.5, 0.6) is 28.7 Å². The number of phenols is 2. The van der Waals surface area contributed by atoms with E-state index in [0.717, 1.165) is 6.07 Å².